The fraction of sp³-hybridized carbons (Fsp3) is 0.800. The summed E-state index contributed by atoms with van der Waals surface area (Å²) in [7, 11) is 0. The van der Waals surface area contributed by atoms with Gasteiger partial charge < -0.3 is 14.7 Å². The normalized spacial score (nSPS) is 23.4. The van der Waals surface area contributed by atoms with Crippen LogP contribution in [-0.2, 0) is 0 Å². The van der Waals surface area contributed by atoms with Crippen molar-refractivity contribution < 1.29 is 4.52 Å². The van der Waals surface area contributed by atoms with Crippen LogP contribution in [-0.4, -0.2) is 60.4 Å². The van der Waals surface area contributed by atoms with Gasteiger partial charge in [0.05, 0.1) is 0 Å². The van der Waals surface area contributed by atoms with E-state index in [1.807, 2.05) is 6.92 Å². The second-order valence-electron chi connectivity index (χ2n) is 4.47. The minimum Gasteiger partial charge on any atom is -0.321 e. The highest BCUT2D eigenvalue weighted by Gasteiger charge is 2.34. The summed E-state index contributed by atoms with van der Waals surface area (Å²) in [5.74, 6) is 0.709. The van der Waals surface area contributed by atoms with E-state index < -0.39 is 0 Å². The van der Waals surface area contributed by atoms with E-state index in [0.717, 1.165) is 39.3 Å². The van der Waals surface area contributed by atoms with Crippen molar-refractivity contribution in [2.75, 3.05) is 44.2 Å². The fourth-order valence-corrected chi connectivity index (χ4v) is 2.30. The molecule has 2 fully saturated rings. The third-order valence-corrected chi connectivity index (χ3v) is 3.32. The molecule has 1 aromatic rings. The molecule has 2 aliphatic rings. The fourth-order valence-electron chi connectivity index (χ4n) is 2.30. The third kappa shape index (κ3) is 1.78. The zero-order valence-electron chi connectivity index (χ0n) is 9.52. The summed E-state index contributed by atoms with van der Waals surface area (Å²) in [4.78, 5) is 8.91. The number of aryl methyl sites for hydroxylation is 1. The van der Waals surface area contributed by atoms with Crippen LogP contribution >= 0.6 is 0 Å². The van der Waals surface area contributed by atoms with Crippen LogP contribution < -0.4 is 10.2 Å². The summed E-state index contributed by atoms with van der Waals surface area (Å²) < 4.78 is 5.14. The number of piperazine rings is 1. The lowest BCUT2D eigenvalue weighted by Crippen LogP contribution is -2.63. The first-order chi connectivity index (χ1) is 7.83. The molecule has 0 radical (unpaired) electrons. The van der Waals surface area contributed by atoms with Crippen LogP contribution in [0, 0.1) is 6.92 Å². The second kappa shape index (κ2) is 4.03. The van der Waals surface area contributed by atoms with Gasteiger partial charge in [0.1, 0.15) is 0 Å². The number of hydrogen-bond donors (Lipinski definition) is 1. The molecule has 0 amide bonds. The van der Waals surface area contributed by atoms with Gasteiger partial charge in [-0.3, -0.25) is 4.90 Å². The Morgan fingerprint density at radius 3 is 2.69 bits per heavy atom. The van der Waals surface area contributed by atoms with Gasteiger partial charge in [-0.15, -0.1) is 0 Å². The van der Waals surface area contributed by atoms with Crippen molar-refractivity contribution in [2.24, 2.45) is 0 Å². The molecule has 0 aromatic carbocycles. The van der Waals surface area contributed by atoms with Crippen LogP contribution in [0.5, 0.6) is 0 Å². The van der Waals surface area contributed by atoms with Crippen LogP contribution in [0.1, 0.15) is 5.82 Å². The molecule has 3 heterocycles. The van der Waals surface area contributed by atoms with Gasteiger partial charge in [-0.05, 0) is 6.92 Å². The highest BCUT2D eigenvalue weighted by Crippen LogP contribution is 2.21. The highest BCUT2D eigenvalue weighted by atomic mass is 16.5. The van der Waals surface area contributed by atoms with E-state index in [9.17, 15) is 0 Å². The van der Waals surface area contributed by atoms with E-state index in [-0.39, 0.29) is 0 Å². The zero-order valence-corrected chi connectivity index (χ0v) is 9.52. The average molecular weight is 223 g/mol. The van der Waals surface area contributed by atoms with Crippen LogP contribution in [0.25, 0.3) is 0 Å². The van der Waals surface area contributed by atoms with Crippen molar-refractivity contribution in [1.29, 1.82) is 0 Å². The van der Waals surface area contributed by atoms with Crippen molar-refractivity contribution in [3.8, 4) is 0 Å². The molecule has 6 heteroatoms. The topological polar surface area (TPSA) is 57.4 Å². The van der Waals surface area contributed by atoms with E-state index >= 15 is 0 Å². The highest BCUT2D eigenvalue weighted by molar-refractivity contribution is 5.31. The van der Waals surface area contributed by atoms with E-state index in [1.54, 1.807) is 0 Å². The predicted octanol–water partition coefficient (Wildman–Crippen LogP) is -0.528. The Kier molecular flexibility index (Phi) is 2.53. The molecule has 0 spiro atoms. The lowest BCUT2D eigenvalue weighted by Gasteiger charge is -2.45. The lowest BCUT2D eigenvalue weighted by atomic mass is 10.1. The van der Waals surface area contributed by atoms with Crippen molar-refractivity contribution >= 4 is 6.01 Å². The standard InChI is InChI=1S/C10H17N5O/c1-8-12-10(16-13-8)15-6-9(7-15)14-4-2-11-3-5-14/h9,11H,2-7H2,1H3. The molecule has 2 saturated heterocycles. The Hall–Kier alpha value is -1.14. The number of nitrogens with zero attached hydrogens (tertiary/aromatic N) is 4. The summed E-state index contributed by atoms with van der Waals surface area (Å²) in [6.45, 7) is 8.40. The van der Waals surface area contributed by atoms with Gasteiger partial charge in [-0.2, -0.15) is 4.98 Å². The molecule has 0 aliphatic carbocycles. The molecular weight excluding hydrogens is 206 g/mol. The first-order valence-corrected chi connectivity index (χ1v) is 5.83. The largest absolute Gasteiger partial charge is 0.324 e. The van der Waals surface area contributed by atoms with E-state index in [1.165, 1.54) is 0 Å². The monoisotopic (exact) mass is 223 g/mol. The molecule has 0 unspecified atom stereocenters. The SMILES string of the molecule is Cc1noc(N2CC(N3CCNCC3)C2)n1. The summed E-state index contributed by atoms with van der Waals surface area (Å²) >= 11 is 0. The molecule has 2 aliphatic heterocycles. The van der Waals surface area contributed by atoms with E-state index in [4.69, 9.17) is 4.52 Å². The summed E-state index contributed by atoms with van der Waals surface area (Å²) in [5, 5.41) is 7.17. The maximum atomic E-state index is 5.14. The molecule has 0 saturated carbocycles. The van der Waals surface area contributed by atoms with Gasteiger partial charge in [0.15, 0.2) is 5.82 Å². The minimum atomic E-state index is 0.661. The summed E-state index contributed by atoms with van der Waals surface area (Å²) in [6, 6.07) is 1.33. The van der Waals surface area contributed by atoms with Gasteiger partial charge >= 0.3 is 6.01 Å². The molecule has 16 heavy (non-hydrogen) atoms. The zero-order chi connectivity index (χ0) is 11.0. The number of nitrogens with one attached hydrogen (secondary N) is 1. The van der Waals surface area contributed by atoms with Crippen molar-refractivity contribution in [2.45, 2.75) is 13.0 Å². The van der Waals surface area contributed by atoms with Gasteiger partial charge in [0.25, 0.3) is 0 Å². The smallest absolute Gasteiger partial charge is 0.321 e. The van der Waals surface area contributed by atoms with E-state index in [0.29, 0.717) is 17.9 Å². The molecular formula is C10H17N5O. The molecule has 6 nitrogen and oxygen atoms in total. The molecule has 1 aromatic heterocycles. The van der Waals surface area contributed by atoms with Crippen molar-refractivity contribution in [3.05, 3.63) is 5.82 Å². The number of hydrogen-bond acceptors (Lipinski definition) is 6. The first kappa shape index (κ1) is 10.0. The number of rotatable bonds is 2. The van der Waals surface area contributed by atoms with Gasteiger partial charge in [0.2, 0.25) is 0 Å². The third-order valence-electron chi connectivity index (χ3n) is 3.32. The van der Waals surface area contributed by atoms with Gasteiger partial charge in [-0.1, -0.05) is 5.16 Å². The second-order valence-corrected chi connectivity index (χ2v) is 4.47. The first-order valence-electron chi connectivity index (χ1n) is 5.83. The summed E-state index contributed by atoms with van der Waals surface area (Å²) in [6.07, 6.45) is 0. The average Bonchev–Trinajstić information content (AvgIpc) is 2.64. The Morgan fingerprint density at radius 1 is 1.31 bits per heavy atom. The molecule has 3 rings (SSSR count). The summed E-state index contributed by atoms with van der Waals surface area (Å²) in [5.41, 5.74) is 0. The maximum Gasteiger partial charge on any atom is 0.324 e. The Labute approximate surface area is 94.6 Å². The van der Waals surface area contributed by atoms with Crippen molar-refractivity contribution in [1.82, 2.24) is 20.4 Å². The molecule has 0 bridgehead atoms. The quantitative estimate of drug-likeness (QED) is 0.727. The Morgan fingerprint density at radius 2 is 2.06 bits per heavy atom. The molecule has 88 valence electrons. The maximum absolute atomic E-state index is 5.14. The molecule has 1 N–H and O–H groups in total. The lowest BCUT2D eigenvalue weighted by molar-refractivity contribution is 0.143. The molecule has 0 atom stereocenters. The van der Waals surface area contributed by atoms with Crippen LogP contribution in [0.3, 0.4) is 0 Å². The van der Waals surface area contributed by atoms with E-state index in [2.05, 4.69) is 25.3 Å². The van der Waals surface area contributed by atoms with Gasteiger partial charge in [0, 0.05) is 45.3 Å². The minimum absolute atomic E-state index is 0.661. The Balaban J connectivity index is 1.54. The predicted molar refractivity (Wildman–Crippen MR) is 59.5 cm³/mol. The van der Waals surface area contributed by atoms with Crippen LogP contribution in [0.15, 0.2) is 4.52 Å². The Bertz CT molecular complexity index is 354. The van der Waals surface area contributed by atoms with Gasteiger partial charge in [-0.25, -0.2) is 0 Å². The number of anilines is 1. The van der Waals surface area contributed by atoms with Crippen molar-refractivity contribution in [3.63, 3.8) is 0 Å². The van der Waals surface area contributed by atoms with Crippen LogP contribution in [0.2, 0.25) is 0 Å². The van der Waals surface area contributed by atoms with Crippen LogP contribution in [0.4, 0.5) is 6.01 Å². The number of aromatic nitrogens is 2.